The smallest absolute Gasteiger partial charge is 0.358 e. The van der Waals surface area contributed by atoms with Crippen molar-refractivity contribution in [2.45, 2.75) is 6.92 Å². The molecule has 6 heteroatoms. The van der Waals surface area contributed by atoms with Gasteiger partial charge in [0.05, 0.1) is 12.3 Å². The largest absolute Gasteiger partial charge is 0.461 e. The number of esters is 1. The van der Waals surface area contributed by atoms with E-state index in [1.165, 1.54) is 17.1 Å². The number of benzene rings is 1. The van der Waals surface area contributed by atoms with Crippen LogP contribution in [0.15, 0.2) is 30.7 Å². The Kier molecular flexibility index (Phi) is 3.36. The van der Waals surface area contributed by atoms with Crippen LogP contribution in [0, 0.1) is 11.6 Å². The van der Waals surface area contributed by atoms with E-state index in [1.54, 1.807) is 6.92 Å². The zero-order chi connectivity index (χ0) is 13.1. The van der Waals surface area contributed by atoms with Crippen molar-refractivity contribution in [3.05, 3.63) is 48.1 Å². The Bertz CT molecular complexity index is 561. The van der Waals surface area contributed by atoms with Crippen molar-refractivity contribution < 1.29 is 18.3 Å². The highest BCUT2D eigenvalue weighted by Crippen LogP contribution is 2.13. The fourth-order valence-corrected chi connectivity index (χ4v) is 1.46. The minimum atomic E-state index is -0.698. The Balaban J connectivity index is 2.32. The topological polar surface area (TPSA) is 44.1 Å². The van der Waals surface area contributed by atoms with Gasteiger partial charge in [0.2, 0.25) is 0 Å². The summed E-state index contributed by atoms with van der Waals surface area (Å²) in [5.41, 5.74) is 0.331. The van der Waals surface area contributed by atoms with Crippen LogP contribution in [-0.2, 0) is 4.74 Å². The maximum Gasteiger partial charge on any atom is 0.358 e. The molecule has 0 aliphatic rings. The minimum absolute atomic E-state index is 0.0847. The molecule has 94 valence electrons. The number of ether oxygens (including phenoxy) is 1. The fraction of sp³-hybridized carbons (Fsp3) is 0.167. The molecule has 2 aromatic rings. The van der Waals surface area contributed by atoms with Crippen LogP contribution in [0.4, 0.5) is 8.78 Å². The summed E-state index contributed by atoms with van der Waals surface area (Å²) in [6.45, 7) is 1.91. The van der Waals surface area contributed by atoms with Crippen LogP contribution < -0.4 is 0 Å². The predicted molar refractivity (Wildman–Crippen MR) is 59.4 cm³/mol. The number of hydrogen-bond donors (Lipinski definition) is 0. The van der Waals surface area contributed by atoms with Gasteiger partial charge in [-0.05, 0) is 19.1 Å². The zero-order valence-corrected chi connectivity index (χ0v) is 9.56. The summed E-state index contributed by atoms with van der Waals surface area (Å²) in [4.78, 5) is 15.2. The molecule has 1 aromatic heterocycles. The number of nitrogens with zero attached hydrogens (tertiary/aromatic N) is 2. The molecule has 0 unspecified atom stereocenters. The molecule has 0 fully saturated rings. The van der Waals surface area contributed by atoms with Gasteiger partial charge in [0, 0.05) is 12.3 Å². The van der Waals surface area contributed by atoms with Gasteiger partial charge in [0.25, 0.3) is 0 Å². The van der Waals surface area contributed by atoms with Crippen molar-refractivity contribution in [2.75, 3.05) is 6.61 Å². The van der Waals surface area contributed by atoms with E-state index >= 15 is 0 Å². The number of carbonyl (C=O) groups excluding carboxylic acids is 1. The van der Waals surface area contributed by atoms with Gasteiger partial charge in [-0.15, -0.1) is 0 Å². The molecule has 0 amide bonds. The molecule has 0 aliphatic carbocycles. The molecule has 0 aliphatic heterocycles. The Morgan fingerprint density at radius 2 is 2.00 bits per heavy atom. The van der Waals surface area contributed by atoms with Gasteiger partial charge in [-0.1, -0.05) is 0 Å². The summed E-state index contributed by atoms with van der Waals surface area (Å²) in [5.74, 6) is -1.97. The first-order valence-electron chi connectivity index (χ1n) is 5.27. The molecule has 1 aromatic carbocycles. The summed E-state index contributed by atoms with van der Waals surface area (Å²) in [7, 11) is 0. The van der Waals surface area contributed by atoms with Crippen LogP contribution in [0.1, 0.15) is 17.4 Å². The van der Waals surface area contributed by atoms with E-state index in [1.807, 2.05) is 0 Å². The molecule has 0 spiro atoms. The number of rotatable bonds is 3. The Morgan fingerprint density at radius 3 is 2.61 bits per heavy atom. The molecule has 0 atom stereocenters. The number of hydrogen-bond acceptors (Lipinski definition) is 3. The lowest BCUT2D eigenvalue weighted by Gasteiger charge is -2.02. The molecule has 2 rings (SSSR count). The number of carbonyl (C=O) groups is 1. The van der Waals surface area contributed by atoms with Crippen molar-refractivity contribution in [1.82, 2.24) is 9.55 Å². The lowest BCUT2D eigenvalue weighted by atomic mass is 10.3. The molecule has 4 nitrogen and oxygen atoms in total. The third-order valence-corrected chi connectivity index (χ3v) is 2.21. The van der Waals surface area contributed by atoms with Gasteiger partial charge >= 0.3 is 5.97 Å². The quantitative estimate of drug-likeness (QED) is 0.787. The van der Waals surface area contributed by atoms with Gasteiger partial charge in [-0.25, -0.2) is 18.6 Å². The molecule has 0 saturated carbocycles. The van der Waals surface area contributed by atoms with Gasteiger partial charge in [0.1, 0.15) is 18.0 Å². The third-order valence-electron chi connectivity index (χ3n) is 2.21. The van der Waals surface area contributed by atoms with Gasteiger partial charge in [-0.3, -0.25) is 0 Å². The van der Waals surface area contributed by atoms with Crippen LogP contribution >= 0.6 is 0 Å². The first kappa shape index (κ1) is 12.2. The van der Waals surface area contributed by atoms with Gasteiger partial charge < -0.3 is 9.30 Å². The Labute approximate surface area is 102 Å². The first-order chi connectivity index (χ1) is 8.60. The summed E-state index contributed by atoms with van der Waals surface area (Å²) in [6.07, 6.45) is 2.65. The standard InChI is InChI=1S/C12H10F2N2O2/c1-2-18-12(17)11-6-16(7-15-11)10-4-8(13)3-9(14)5-10/h3-7H,2H2,1H3. The first-order valence-corrected chi connectivity index (χ1v) is 5.27. The predicted octanol–water partition coefficient (Wildman–Crippen LogP) is 2.33. The lowest BCUT2D eigenvalue weighted by Crippen LogP contribution is -2.04. The monoisotopic (exact) mass is 252 g/mol. The van der Waals surface area contributed by atoms with E-state index in [0.29, 0.717) is 0 Å². The van der Waals surface area contributed by atoms with E-state index in [0.717, 1.165) is 18.2 Å². The highest BCUT2D eigenvalue weighted by molar-refractivity contribution is 5.87. The third kappa shape index (κ3) is 2.53. The number of aromatic nitrogens is 2. The Morgan fingerprint density at radius 1 is 1.33 bits per heavy atom. The van der Waals surface area contributed by atoms with Gasteiger partial charge in [-0.2, -0.15) is 0 Å². The van der Waals surface area contributed by atoms with Crippen LogP contribution in [0.3, 0.4) is 0 Å². The molecule has 18 heavy (non-hydrogen) atoms. The van der Waals surface area contributed by atoms with Crippen molar-refractivity contribution in [2.24, 2.45) is 0 Å². The molecule has 0 radical (unpaired) electrons. The normalized spacial score (nSPS) is 10.4. The number of halogens is 2. The molecular formula is C12H10F2N2O2. The van der Waals surface area contributed by atoms with Crippen molar-refractivity contribution in [1.29, 1.82) is 0 Å². The van der Waals surface area contributed by atoms with Crippen LogP contribution in [0.25, 0.3) is 5.69 Å². The second-order valence-electron chi connectivity index (χ2n) is 3.51. The lowest BCUT2D eigenvalue weighted by molar-refractivity contribution is 0.0520. The average Bonchev–Trinajstić information content (AvgIpc) is 2.77. The molecular weight excluding hydrogens is 242 g/mol. The van der Waals surface area contributed by atoms with Crippen LogP contribution in [0.2, 0.25) is 0 Å². The molecule has 0 bridgehead atoms. The minimum Gasteiger partial charge on any atom is -0.461 e. The van der Waals surface area contributed by atoms with E-state index in [2.05, 4.69) is 4.98 Å². The van der Waals surface area contributed by atoms with Crippen LogP contribution in [-0.4, -0.2) is 22.1 Å². The summed E-state index contributed by atoms with van der Waals surface area (Å²) in [5, 5.41) is 0. The summed E-state index contributed by atoms with van der Waals surface area (Å²) >= 11 is 0. The number of imidazole rings is 1. The van der Waals surface area contributed by atoms with Crippen molar-refractivity contribution >= 4 is 5.97 Å². The van der Waals surface area contributed by atoms with E-state index < -0.39 is 17.6 Å². The average molecular weight is 252 g/mol. The molecule has 0 N–H and O–H groups in total. The van der Waals surface area contributed by atoms with Gasteiger partial charge in [0.15, 0.2) is 5.69 Å². The Hall–Kier alpha value is -2.24. The van der Waals surface area contributed by atoms with Crippen molar-refractivity contribution in [3.8, 4) is 5.69 Å². The fourth-order valence-electron chi connectivity index (χ4n) is 1.46. The van der Waals surface area contributed by atoms with Crippen molar-refractivity contribution in [3.63, 3.8) is 0 Å². The zero-order valence-electron chi connectivity index (χ0n) is 9.56. The second kappa shape index (κ2) is 4.95. The SMILES string of the molecule is CCOC(=O)c1cn(-c2cc(F)cc(F)c2)cn1. The summed E-state index contributed by atoms with van der Waals surface area (Å²) < 4.78 is 32.2. The van der Waals surface area contributed by atoms with E-state index in [-0.39, 0.29) is 18.0 Å². The summed E-state index contributed by atoms with van der Waals surface area (Å²) in [6, 6.07) is 3.05. The molecule has 1 heterocycles. The maximum absolute atomic E-state index is 13.0. The highest BCUT2D eigenvalue weighted by Gasteiger charge is 2.11. The maximum atomic E-state index is 13.0. The second-order valence-corrected chi connectivity index (χ2v) is 3.51. The molecule has 0 saturated heterocycles. The van der Waals surface area contributed by atoms with E-state index in [4.69, 9.17) is 4.74 Å². The van der Waals surface area contributed by atoms with E-state index in [9.17, 15) is 13.6 Å². The highest BCUT2D eigenvalue weighted by atomic mass is 19.1. The van der Waals surface area contributed by atoms with Crippen LogP contribution in [0.5, 0.6) is 0 Å².